The summed E-state index contributed by atoms with van der Waals surface area (Å²) in [6.45, 7) is 5.47. The summed E-state index contributed by atoms with van der Waals surface area (Å²) in [5.74, 6) is -0.572. The molecule has 0 bridgehead atoms. The first-order valence-corrected chi connectivity index (χ1v) is 14.5. The zero-order valence-electron chi connectivity index (χ0n) is 24.5. The number of benzene rings is 3. The van der Waals surface area contributed by atoms with E-state index in [0.717, 1.165) is 35.1 Å². The second-order valence-electron chi connectivity index (χ2n) is 12.1. The summed E-state index contributed by atoms with van der Waals surface area (Å²) in [7, 11) is 0. The second-order valence-corrected chi connectivity index (χ2v) is 12.1. The van der Waals surface area contributed by atoms with Gasteiger partial charge in [-0.25, -0.2) is 4.79 Å². The van der Waals surface area contributed by atoms with Gasteiger partial charge < -0.3 is 25.0 Å². The molecule has 0 unspecified atom stereocenters. The van der Waals surface area contributed by atoms with Crippen molar-refractivity contribution in [3.63, 3.8) is 0 Å². The topological polar surface area (TPSA) is 97.0 Å². The SMILES string of the molecule is CC(C)(C)OC(=O)NCC(=O)N1C[C@](OCc2ccccc2)(c2ccc(-c3ccccc3)cc2)C[C@H]1C(=O)NC1CC1. The van der Waals surface area contributed by atoms with Crippen LogP contribution in [0.5, 0.6) is 0 Å². The quantitative estimate of drug-likeness (QED) is 0.371. The fourth-order valence-electron chi connectivity index (χ4n) is 5.25. The summed E-state index contributed by atoms with van der Waals surface area (Å²) in [6.07, 6.45) is 1.48. The first-order chi connectivity index (χ1) is 20.1. The Morgan fingerprint density at radius 2 is 1.50 bits per heavy atom. The fourth-order valence-corrected chi connectivity index (χ4v) is 5.25. The van der Waals surface area contributed by atoms with E-state index in [1.807, 2.05) is 72.8 Å². The number of likely N-dealkylation sites (tertiary alicyclic amines) is 1. The van der Waals surface area contributed by atoms with E-state index in [-0.39, 0.29) is 30.9 Å². The van der Waals surface area contributed by atoms with Gasteiger partial charge in [-0.1, -0.05) is 84.9 Å². The van der Waals surface area contributed by atoms with Crippen molar-refractivity contribution in [1.82, 2.24) is 15.5 Å². The number of hydrogen-bond acceptors (Lipinski definition) is 5. The standard InChI is InChI=1S/C34H39N3O5/c1-33(2,3)42-32(40)35-21-30(38)37-23-34(41-22-24-10-6-4-7-11-24,20-29(37)31(39)36-28-18-19-28)27-16-14-26(15-17-27)25-12-8-5-9-13-25/h4-17,28-29H,18-23H2,1-3H3,(H,35,40)(H,36,39)/t29-,34-/m0/s1. The minimum absolute atomic E-state index is 0.139. The van der Waals surface area contributed by atoms with E-state index >= 15 is 0 Å². The van der Waals surface area contributed by atoms with Crippen LogP contribution in [-0.2, 0) is 31.3 Å². The molecule has 3 amide bonds. The first-order valence-electron chi connectivity index (χ1n) is 14.5. The van der Waals surface area contributed by atoms with Gasteiger partial charge in [-0.15, -0.1) is 0 Å². The van der Waals surface area contributed by atoms with Gasteiger partial charge in [0.1, 0.15) is 23.8 Å². The Morgan fingerprint density at radius 1 is 0.881 bits per heavy atom. The van der Waals surface area contributed by atoms with Crippen molar-refractivity contribution in [3.05, 3.63) is 96.1 Å². The Morgan fingerprint density at radius 3 is 2.12 bits per heavy atom. The molecule has 8 heteroatoms. The van der Waals surface area contributed by atoms with Crippen LogP contribution in [0.3, 0.4) is 0 Å². The van der Waals surface area contributed by atoms with Crippen LogP contribution in [-0.4, -0.2) is 53.6 Å². The number of alkyl carbamates (subject to hydrolysis) is 1. The molecule has 3 aromatic carbocycles. The molecule has 0 radical (unpaired) electrons. The number of hydrogen-bond donors (Lipinski definition) is 2. The summed E-state index contributed by atoms with van der Waals surface area (Å²) in [4.78, 5) is 40.9. The maximum absolute atomic E-state index is 13.6. The number of ether oxygens (including phenoxy) is 2. The molecular formula is C34H39N3O5. The molecule has 1 saturated heterocycles. The van der Waals surface area contributed by atoms with Gasteiger partial charge in [0.05, 0.1) is 13.2 Å². The van der Waals surface area contributed by atoms with E-state index in [0.29, 0.717) is 13.0 Å². The number of nitrogens with one attached hydrogen (secondary N) is 2. The zero-order chi connectivity index (χ0) is 29.7. The predicted molar refractivity (Wildman–Crippen MR) is 160 cm³/mol. The molecule has 42 heavy (non-hydrogen) atoms. The molecule has 2 N–H and O–H groups in total. The van der Waals surface area contributed by atoms with Gasteiger partial charge in [-0.05, 0) is 55.9 Å². The monoisotopic (exact) mass is 569 g/mol. The van der Waals surface area contributed by atoms with Gasteiger partial charge in [0.15, 0.2) is 0 Å². The average molecular weight is 570 g/mol. The van der Waals surface area contributed by atoms with Gasteiger partial charge in [-0.3, -0.25) is 9.59 Å². The molecule has 1 aliphatic heterocycles. The zero-order valence-corrected chi connectivity index (χ0v) is 24.5. The van der Waals surface area contributed by atoms with E-state index in [2.05, 4.69) is 22.8 Å². The molecule has 5 rings (SSSR count). The van der Waals surface area contributed by atoms with E-state index in [1.165, 1.54) is 0 Å². The third-order valence-corrected chi connectivity index (χ3v) is 7.53. The molecular weight excluding hydrogens is 530 g/mol. The van der Waals surface area contributed by atoms with Crippen molar-refractivity contribution in [2.75, 3.05) is 13.1 Å². The molecule has 3 aromatic rings. The Bertz CT molecular complexity index is 1380. The lowest BCUT2D eigenvalue weighted by Crippen LogP contribution is -2.49. The van der Waals surface area contributed by atoms with Crippen molar-refractivity contribution in [1.29, 1.82) is 0 Å². The Balaban J connectivity index is 1.43. The van der Waals surface area contributed by atoms with Crippen LogP contribution >= 0.6 is 0 Å². The van der Waals surface area contributed by atoms with E-state index < -0.39 is 23.3 Å². The maximum atomic E-state index is 13.6. The summed E-state index contributed by atoms with van der Waals surface area (Å²) in [6, 6.07) is 27.5. The van der Waals surface area contributed by atoms with Crippen LogP contribution in [0.25, 0.3) is 11.1 Å². The largest absolute Gasteiger partial charge is 0.444 e. The van der Waals surface area contributed by atoms with Crippen molar-refractivity contribution in [2.24, 2.45) is 0 Å². The highest BCUT2D eigenvalue weighted by atomic mass is 16.6. The van der Waals surface area contributed by atoms with Crippen LogP contribution < -0.4 is 10.6 Å². The van der Waals surface area contributed by atoms with Crippen LogP contribution in [0.1, 0.15) is 51.2 Å². The van der Waals surface area contributed by atoms with Gasteiger partial charge in [-0.2, -0.15) is 0 Å². The minimum Gasteiger partial charge on any atom is -0.444 e. The first kappa shape index (κ1) is 29.3. The van der Waals surface area contributed by atoms with Crippen LogP contribution in [0.4, 0.5) is 4.79 Å². The lowest BCUT2D eigenvalue weighted by molar-refractivity contribution is -0.138. The summed E-state index contributed by atoms with van der Waals surface area (Å²) < 4.78 is 12.0. The minimum atomic E-state index is -0.932. The maximum Gasteiger partial charge on any atom is 0.408 e. The Hall–Kier alpha value is -4.17. The lowest BCUT2D eigenvalue weighted by atomic mass is 9.89. The number of amides is 3. The second kappa shape index (κ2) is 12.4. The highest BCUT2D eigenvalue weighted by molar-refractivity contribution is 5.90. The third-order valence-electron chi connectivity index (χ3n) is 7.53. The molecule has 2 atom stereocenters. The van der Waals surface area contributed by atoms with Crippen LogP contribution in [0.2, 0.25) is 0 Å². The van der Waals surface area contributed by atoms with E-state index in [4.69, 9.17) is 9.47 Å². The van der Waals surface area contributed by atoms with E-state index in [1.54, 1.807) is 25.7 Å². The Labute approximate surface area is 247 Å². The molecule has 220 valence electrons. The summed E-state index contributed by atoms with van der Waals surface area (Å²) in [5.41, 5.74) is 2.42. The molecule has 1 heterocycles. The number of rotatable bonds is 9. The molecule has 0 spiro atoms. The number of nitrogens with zero attached hydrogens (tertiary/aromatic N) is 1. The molecule has 0 aromatic heterocycles. The van der Waals surface area contributed by atoms with Gasteiger partial charge in [0, 0.05) is 12.5 Å². The molecule has 8 nitrogen and oxygen atoms in total. The van der Waals surface area contributed by atoms with Gasteiger partial charge in [0.25, 0.3) is 0 Å². The number of carbonyl (C=O) groups excluding carboxylic acids is 3. The number of carbonyl (C=O) groups is 3. The average Bonchev–Trinajstić information content (AvgIpc) is 3.71. The fraction of sp³-hybridized carbons (Fsp3) is 0.382. The van der Waals surface area contributed by atoms with Crippen molar-refractivity contribution in [2.45, 2.75) is 69.9 Å². The van der Waals surface area contributed by atoms with Gasteiger partial charge in [0.2, 0.25) is 11.8 Å². The molecule has 2 aliphatic rings. The smallest absolute Gasteiger partial charge is 0.408 e. The lowest BCUT2D eigenvalue weighted by Gasteiger charge is -2.30. The Kier molecular flexibility index (Phi) is 8.64. The van der Waals surface area contributed by atoms with Crippen LogP contribution in [0.15, 0.2) is 84.9 Å². The third kappa shape index (κ3) is 7.36. The van der Waals surface area contributed by atoms with E-state index in [9.17, 15) is 14.4 Å². The van der Waals surface area contributed by atoms with Crippen LogP contribution in [0, 0.1) is 0 Å². The molecule has 2 fully saturated rings. The predicted octanol–water partition coefficient (Wildman–Crippen LogP) is 5.17. The molecule has 1 aliphatic carbocycles. The van der Waals surface area contributed by atoms with Crippen molar-refractivity contribution in [3.8, 4) is 11.1 Å². The summed E-state index contributed by atoms with van der Waals surface area (Å²) >= 11 is 0. The highest BCUT2D eigenvalue weighted by Gasteiger charge is 2.51. The van der Waals surface area contributed by atoms with Gasteiger partial charge >= 0.3 is 6.09 Å². The normalized spacial score (nSPS) is 20.2. The molecule has 1 saturated carbocycles. The van der Waals surface area contributed by atoms with Crippen molar-refractivity contribution >= 4 is 17.9 Å². The van der Waals surface area contributed by atoms with Crippen molar-refractivity contribution < 1.29 is 23.9 Å². The highest BCUT2D eigenvalue weighted by Crippen LogP contribution is 2.41. The summed E-state index contributed by atoms with van der Waals surface area (Å²) in [5, 5.41) is 5.62.